The van der Waals surface area contributed by atoms with E-state index < -0.39 is 10.0 Å². The van der Waals surface area contributed by atoms with Gasteiger partial charge in [0.05, 0.1) is 19.9 Å². The summed E-state index contributed by atoms with van der Waals surface area (Å²) in [7, 11) is -1.58. The molecule has 1 N–H and O–H groups in total. The van der Waals surface area contributed by atoms with E-state index in [0.29, 0.717) is 37.4 Å². The summed E-state index contributed by atoms with van der Waals surface area (Å²) >= 11 is 0. The van der Waals surface area contributed by atoms with Gasteiger partial charge in [-0.15, -0.1) is 0 Å². The molecule has 9 heteroatoms. The van der Waals surface area contributed by atoms with Gasteiger partial charge in [0.1, 0.15) is 11.4 Å². The predicted molar refractivity (Wildman–Crippen MR) is 99.5 cm³/mol. The lowest BCUT2D eigenvalue weighted by Gasteiger charge is -2.29. The molecule has 1 aliphatic heterocycles. The lowest BCUT2D eigenvalue weighted by molar-refractivity contribution is -0.126. The average Bonchev–Trinajstić information content (AvgIpc) is 3.14. The van der Waals surface area contributed by atoms with Crippen LogP contribution in [0.15, 0.2) is 34.9 Å². The molecule has 2 heterocycles. The van der Waals surface area contributed by atoms with E-state index in [1.807, 2.05) is 24.3 Å². The van der Waals surface area contributed by atoms with Crippen molar-refractivity contribution in [2.75, 3.05) is 26.5 Å². The highest BCUT2D eigenvalue weighted by Crippen LogP contribution is 2.23. The maximum atomic E-state index is 12.3. The minimum absolute atomic E-state index is 0.0860. The van der Waals surface area contributed by atoms with Crippen LogP contribution in [0.25, 0.3) is 11.3 Å². The quantitative estimate of drug-likeness (QED) is 0.800. The Morgan fingerprint density at radius 2 is 1.96 bits per heavy atom. The third-order valence-electron chi connectivity index (χ3n) is 4.67. The van der Waals surface area contributed by atoms with Crippen LogP contribution in [0.1, 0.15) is 18.5 Å². The molecule has 2 aromatic rings. The molecule has 0 atom stereocenters. The number of nitrogens with zero attached hydrogens (tertiary/aromatic N) is 2. The van der Waals surface area contributed by atoms with Gasteiger partial charge in [-0.05, 0) is 37.1 Å². The third-order valence-corrected chi connectivity index (χ3v) is 5.97. The maximum Gasteiger partial charge on any atom is 0.223 e. The maximum absolute atomic E-state index is 12.3. The van der Waals surface area contributed by atoms with Crippen molar-refractivity contribution in [3.63, 3.8) is 0 Å². The molecule has 0 saturated carbocycles. The Kier molecular flexibility index (Phi) is 5.81. The smallest absolute Gasteiger partial charge is 0.223 e. The first kappa shape index (κ1) is 19.4. The lowest BCUT2D eigenvalue weighted by Crippen LogP contribution is -2.42. The van der Waals surface area contributed by atoms with Gasteiger partial charge in [-0.25, -0.2) is 12.7 Å². The fraction of sp³-hybridized carbons (Fsp3) is 0.444. The van der Waals surface area contributed by atoms with Crippen LogP contribution in [-0.4, -0.2) is 50.2 Å². The third kappa shape index (κ3) is 4.86. The number of benzene rings is 1. The minimum atomic E-state index is -3.19. The van der Waals surface area contributed by atoms with E-state index in [4.69, 9.17) is 9.26 Å². The molecule has 1 aromatic heterocycles. The molecule has 1 saturated heterocycles. The van der Waals surface area contributed by atoms with Crippen LogP contribution in [0, 0.1) is 5.92 Å². The van der Waals surface area contributed by atoms with E-state index in [1.54, 1.807) is 13.2 Å². The van der Waals surface area contributed by atoms with Gasteiger partial charge in [0.2, 0.25) is 15.9 Å². The molecule has 0 bridgehead atoms. The molecule has 27 heavy (non-hydrogen) atoms. The van der Waals surface area contributed by atoms with E-state index in [1.165, 1.54) is 10.6 Å². The van der Waals surface area contributed by atoms with Gasteiger partial charge in [-0.2, -0.15) is 0 Å². The standard InChI is InChI=1S/C18H23N3O5S/c1-25-16-5-3-13(4-6-16)17-11-15(20-26-17)12-19-18(22)14-7-9-21(10-8-14)27(2,23)24/h3-6,11,14H,7-10,12H2,1-2H3,(H,19,22). The SMILES string of the molecule is COc1ccc(-c2cc(CNC(=O)C3CCN(S(C)(=O)=O)CC3)no2)cc1. The van der Waals surface area contributed by atoms with Crippen LogP contribution in [0.3, 0.4) is 0 Å². The lowest BCUT2D eigenvalue weighted by atomic mass is 9.97. The summed E-state index contributed by atoms with van der Waals surface area (Å²) in [6.07, 6.45) is 2.24. The number of carbonyl (C=O) groups is 1. The Hall–Kier alpha value is -2.39. The molecule has 0 unspecified atom stereocenters. The van der Waals surface area contributed by atoms with Crippen LogP contribution >= 0.6 is 0 Å². The van der Waals surface area contributed by atoms with Crippen molar-refractivity contribution in [2.45, 2.75) is 19.4 Å². The number of rotatable bonds is 6. The summed E-state index contributed by atoms with van der Waals surface area (Å²) in [6, 6.07) is 9.20. The number of nitrogens with one attached hydrogen (secondary N) is 1. The zero-order valence-corrected chi connectivity index (χ0v) is 16.2. The highest BCUT2D eigenvalue weighted by atomic mass is 32.2. The van der Waals surface area contributed by atoms with Crippen molar-refractivity contribution in [1.29, 1.82) is 0 Å². The number of sulfonamides is 1. The molecule has 8 nitrogen and oxygen atoms in total. The summed E-state index contributed by atoms with van der Waals surface area (Å²) in [6.45, 7) is 1.02. The Balaban J connectivity index is 1.52. The number of aromatic nitrogens is 1. The fourth-order valence-corrected chi connectivity index (χ4v) is 3.93. The van der Waals surface area contributed by atoms with Crippen molar-refractivity contribution < 1.29 is 22.5 Å². The highest BCUT2D eigenvalue weighted by Gasteiger charge is 2.28. The largest absolute Gasteiger partial charge is 0.497 e. The van der Waals surface area contributed by atoms with E-state index in [9.17, 15) is 13.2 Å². The van der Waals surface area contributed by atoms with Gasteiger partial charge in [0, 0.05) is 30.6 Å². The Morgan fingerprint density at radius 3 is 2.56 bits per heavy atom. The zero-order valence-electron chi connectivity index (χ0n) is 15.3. The number of carbonyl (C=O) groups excluding carboxylic acids is 1. The van der Waals surface area contributed by atoms with Crippen LogP contribution in [0.2, 0.25) is 0 Å². The highest BCUT2D eigenvalue weighted by molar-refractivity contribution is 7.88. The Labute approximate surface area is 158 Å². The molecule has 0 aliphatic carbocycles. The Morgan fingerprint density at radius 1 is 1.30 bits per heavy atom. The fourth-order valence-electron chi connectivity index (χ4n) is 3.06. The van der Waals surface area contributed by atoms with Gasteiger partial charge in [-0.1, -0.05) is 5.16 Å². The van der Waals surface area contributed by atoms with Crippen molar-refractivity contribution in [2.24, 2.45) is 5.92 Å². The molecular formula is C18H23N3O5S. The average molecular weight is 393 g/mol. The van der Waals surface area contributed by atoms with Crippen molar-refractivity contribution in [3.05, 3.63) is 36.0 Å². The number of ether oxygens (including phenoxy) is 1. The molecule has 3 rings (SSSR count). The first-order chi connectivity index (χ1) is 12.9. The van der Waals surface area contributed by atoms with Crippen molar-refractivity contribution in [1.82, 2.24) is 14.8 Å². The monoisotopic (exact) mass is 393 g/mol. The van der Waals surface area contributed by atoms with Gasteiger partial charge >= 0.3 is 0 Å². The van der Waals surface area contributed by atoms with Gasteiger partial charge in [0.25, 0.3) is 0 Å². The van der Waals surface area contributed by atoms with Gasteiger partial charge in [0.15, 0.2) is 5.76 Å². The van der Waals surface area contributed by atoms with Crippen LogP contribution < -0.4 is 10.1 Å². The molecule has 1 aliphatic rings. The second-order valence-corrected chi connectivity index (χ2v) is 8.55. The summed E-state index contributed by atoms with van der Waals surface area (Å²) in [5.74, 6) is 1.10. The number of piperidine rings is 1. The molecule has 1 aromatic carbocycles. The number of methoxy groups -OCH3 is 1. The van der Waals surface area contributed by atoms with E-state index in [0.717, 1.165) is 11.3 Å². The van der Waals surface area contributed by atoms with E-state index in [2.05, 4.69) is 10.5 Å². The topological polar surface area (TPSA) is 102 Å². The molecule has 146 valence electrons. The summed E-state index contributed by atoms with van der Waals surface area (Å²) in [5.41, 5.74) is 1.50. The molecule has 0 spiro atoms. The number of hydrogen-bond donors (Lipinski definition) is 1. The number of hydrogen-bond acceptors (Lipinski definition) is 6. The molecule has 0 radical (unpaired) electrons. The van der Waals surface area contributed by atoms with Crippen LogP contribution in [0.4, 0.5) is 0 Å². The summed E-state index contributed by atoms with van der Waals surface area (Å²) in [5, 5.41) is 6.84. The van der Waals surface area contributed by atoms with Crippen molar-refractivity contribution in [3.8, 4) is 17.1 Å². The second kappa shape index (κ2) is 8.10. The Bertz CT molecular complexity index is 884. The van der Waals surface area contributed by atoms with Gasteiger partial charge < -0.3 is 14.6 Å². The summed E-state index contributed by atoms with van der Waals surface area (Å²) < 4.78 is 34.9. The van der Waals surface area contributed by atoms with Crippen LogP contribution in [-0.2, 0) is 21.4 Å². The van der Waals surface area contributed by atoms with E-state index in [-0.39, 0.29) is 18.4 Å². The van der Waals surface area contributed by atoms with E-state index >= 15 is 0 Å². The van der Waals surface area contributed by atoms with Crippen LogP contribution in [0.5, 0.6) is 5.75 Å². The first-order valence-corrected chi connectivity index (χ1v) is 10.5. The normalized spacial score (nSPS) is 16.2. The zero-order chi connectivity index (χ0) is 19.4. The first-order valence-electron chi connectivity index (χ1n) is 8.69. The number of amides is 1. The molecule has 1 fully saturated rings. The molecule has 1 amide bonds. The minimum Gasteiger partial charge on any atom is -0.497 e. The summed E-state index contributed by atoms with van der Waals surface area (Å²) in [4.78, 5) is 12.3. The van der Waals surface area contributed by atoms with Gasteiger partial charge in [-0.3, -0.25) is 4.79 Å². The van der Waals surface area contributed by atoms with Crippen molar-refractivity contribution >= 4 is 15.9 Å². The molecular weight excluding hydrogens is 370 g/mol. The predicted octanol–water partition coefficient (Wildman–Crippen LogP) is 1.64. The second-order valence-electron chi connectivity index (χ2n) is 6.57.